The van der Waals surface area contributed by atoms with Gasteiger partial charge >= 0.3 is 6.09 Å². The number of nitro benzene ring substituents is 2. The van der Waals surface area contributed by atoms with Crippen molar-refractivity contribution in [3.8, 4) is 0 Å². The lowest BCUT2D eigenvalue weighted by Crippen LogP contribution is -2.46. The van der Waals surface area contributed by atoms with Crippen LogP contribution in [-0.4, -0.2) is 53.5 Å². The van der Waals surface area contributed by atoms with Gasteiger partial charge in [0.05, 0.1) is 15.9 Å². The van der Waals surface area contributed by atoms with Crippen molar-refractivity contribution in [1.82, 2.24) is 9.62 Å². The third-order valence-corrected chi connectivity index (χ3v) is 5.29. The summed E-state index contributed by atoms with van der Waals surface area (Å²) in [6.07, 6.45) is -0.675. The SMILES string of the molecule is O=C(O)N1CCC(NS(=O)(=O)c2ccc([N+](=O)[O-])cc2[N+](=O)[O-])CC1. The number of likely N-dealkylation sites (tertiary alicyclic amines) is 1. The van der Waals surface area contributed by atoms with Crippen molar-refractivity contribution in [2.75, 3.05) is 13.1 Å². The average Bonchev–Trinajstić information content (AvgIpc) is 2.54. The van der Waals surface area contributed by atoms with E-state index >= 15 is 0 Å². The van der Waals surface area contributed by atoms with Crippen molar-refractivity contribution >= 4 is 27.5 Å². The predicted octanol–water partition coefficient (Wildman–Crippen LogP) is 0.924. The summed E-state index contributed by atoms with van der Waals surface area (Å²) in [5.41, 5.74) is -1.50. The molecular weight excluding hydrogens is 360 g/mol. The van der Waals surface area contributed by atoms with Crippen LogP contribution in [0.25, 0.3) is 0 Å². The normalized spacial score (nSPS) is 15.8. The zero-order valence-corrected chi connectivity index (χ0v) is 13.5. The van der Waals surface area contributed by atoms with Crippen LogP contribution in [0.4, 0.5) is 16.2 Å². The van der Waals surface area contributed by atoms with Gasteiger partial charge in [0.1, 0.15) is 0 Å². The van der Waals surface area contributed by atoms with Gasteiger partial charge in [-0.1, -0.05) is 0 Å². The van der Waals surface area contributed by atoms with Crippen LogP contribution in [0, 0.1) is 20.2 Å². The monoisotopic (exact) mass is 374 g/mol. The third-order valence-electron chi connectivity index (χ3n) is 3.73. The summed E-state index contributed by atoms with van der Waals surface area (Å²) in [6.45, 7) is 0.260. The molecule has 13 heteroatoms. The Morgan fingerprint density at radius 1 is 1.20 bits per heavy atom. The molecule has 0 radical (unpaired) electrons. The Hall–Kier alpha value is -2.80. The van der Waals surface area contributed by atoms with Crippen molar-refractivity contribution in [2.45, 2.75) is 23.8 Å². The molecule has 1 aromatic rings. The number of nitrogens with one attached hydrogen (secondary N) is 1. The summed E-state index contributed by atoms with van der Waals surface area (Å²) in [6, 6.07) is 1.68. The Kier molecular flexibility index (Phi) is 5.18. The summed E-state index contributed by atoms with van der Waals surface area (Å²) in [5, 5.41) is 30.6. The molecule has 25 heavy (non-hydrogen) atoms. The molecule has 0 aliphatic carbocycles. The van der Waals surface area contributed by atoms with Crippen LogP contribution in [0.5, 0.6) is 0 Å². The summed E-state index contributed by atoms with van der Waals surface area (Å²) in [4.78, 5) is 31.2. The number of nitrogens with zero attached hydrogens (tertiary/aromatic N) is 3. The van der Waals surface area contributed by atoms with Crippen molar-refractivity contribution in [2.24, 2.45) is 0 Å². The van der Waals surface area contributed by atoms with Gasteiger partial charge in [-0.25, -0.2) is 17.9 Å². The third kappa shape index (κ3) is 4.19. The fraction of sp³-hybridized carbons (Fsp3) is 0.417. The zero-order chi connectivity index (χ0) is 18.8. The second-order valence-corrected chi connectivity index (χ2v) is 7.01. The minimum absolute atomic E-state index is 0.130. The van der Waals surface area contributed by atoms with Crippen LogP contribution >= 0.6 is 0 Å². The Morgan fingerprint density at radius 2 is 1.80 bits per heavy atom. The molecule has 0 spiro atoms. The average molecular weight is 374 g/mol. The number of piperidine rings is 1. The maximum atomic E-state index is 12.4. The fourth-order valence-electron chi connectivity index (χ4n) is 2.46. The molecule has 0 bridgehead atoms. The summed E-state index contributed by atoms with van der Waals surface area (Å²) in [7, 11) is -4.30. The molecule has 1 aromatic carbocycles. The first-order valence-electron chi connectivity index (χ1n) is 7.05. The molecule has 0 unspecified atom stereocenters. The Labute approximate surface area is 141 Å². The van der Waals surface area contributed by atoms with Gasteiger partial charge in [-0.3, -0.25) is 20.2 Å². The smallest absolute Gasteiger partial charge is 0.407 e. The Morgan fingerprint density at radius 3 is 2.28 bits per heavy atom. The van der Waals surface area contributed by atoms with Crippen LogP contribution in [0.15, 0.2) is 23.1 Å². The van der Waals surface area contributed by atoms with E-state index < -0.39 is 48.3 Å². The maximum Gasteiger partial charge on any atom is 0.407 e. The number of sulfonamides is 1. The second-order valence-electron chi connectivity index (χ2n) is 5.33. The molecule has 1 heterocycles. The quantitative estimate of drug-likeness (QED) is 0.565. The van der Waals surface area contributed by atoms with Gasteiger partial charge in [0, 0.05) is 25.2 Å². The topological polar surface area (TPSA) is 173 Å². The number of carbonyl (C=O) groups is 1. The van der Waals surface area contributed by atoms with E-state index in [2.05, 4.69) is 4.72 Å². The van der Waals surface area contributed by atoms with Crippen molar-refractivity contribution in [3.05, 3.63) is 38.4 Å². The molecule has 1 fully saturated rings. The van der Waals surface area contributed by atoms with E-state index in [0.717, 1.165) is 17.0 Å². The number of non-ortho nitro benzene ring substituents is 1. The van der Waals surface area contributed by atoms with Crippen molar-refractivity contribution in [3.63, 3.8) is 0 Å². The lowest BCUT2D eigenvalue weighted by Gasteiger charge is -2.30. The first kappa shape index (κ1) is 18.5. The molecule has 2 rings (SSSR count). The molecule has 1 amide bonds. The minimum atomic E-state index is -4.30. The molecule has 2 N–H and O–H groups in total. The lowest BCUT2D eigenvalue weighted by atomic mass is 10.1. The Bertz CT molecular complexity index is 816. The van der Waals surface area contributed by atoms with Gasteiger partial charge in [0.25, 0.3) is 11.4 Å². The summed E-state index contributed by atoms with van der Waals surface area (Å²) < 4.78 is 27.1. The van der Waals surface area contributed by atoms with Gasteiger partial charge in [-0.05, 0) is 18.9 Å². The molecule has 12 nitrogen and oxygen atoms in total. The first-order valence-corrected chi connectivity index (χ1v) is 8.53. The van der Waals surface area contributed by atoms with E-state index in [1.807, 2.05) is 0 Å². The van der Waals surface area contributed by atoms with E-state index in [0.29, 0.717) is 6.07 Å². The minimum Gasteiger partial charge on any atom is -0.465 e. The van der Waals surface area contributed by atoms with E-state index in [1.165, 1.54) is 0 Å². The summed E-state index contributed by atoms with van der Waals surface area (Å²) in [5.74, 6) is 0. The van der Waals surface area contributed by atoms with E-state index in [1.54, 1.807) is 0 Å². The van der Waals surface area contributed by atoms with Gasteiger partial charge in [-0.15, -0.1) is 0 Å². The molecule has 1 aliphatic rings. The highest BCUT2D eigenvalue weighted by atomic mass is 32.2. The van der Waals surface area contributed by atoms with Gasteiger partial charge in [0.2, 0.25) is 10.0 Å². The zero-order valence-electron chi connectivity index (χ0n) is 12.7. The standard InChI is InChI=1S/C12H14N4O8S/c17-12(18)14-5-3-8(4-6-14)13-25(23,24)11-2-1-9(15(19)20)7-10(11)16(21)22/h1-2,7-8,13H,3-6H2,(H,17,18). The predicted molar refractivity (Wildman–Crippen MR) is 82.7 cm³/mol. The molecule has 0 aromatic heterocycles. The highest BCUT2D eigenvalue weighted by Gasteiger charge is 2.32. The van der Waals surface area contributed by atoms with E-state index in [9.17, 15) is 33.4 Å². The number of amides is 1. The maximum absolute atomic E-state index is 12.4. The summed E-state index contributed by atoms with van der Waals surface area (Å²) >= 11 is 0. The number of rotatable bonds is 5. The second kappa shape index (κ2) is 6.98. The van der Waals surface area contributed by atoms with Crippen LogP contribution in [0.2, 0.25) is 0 Å². The number of benzene rings is 1. The Balaban J connectivity index is 2.24. The van der Waals surface area contributed by atoms with Crippen LogP contribution in [0.3, 0.4) is 0 Å². The fourth-order valence-corrected chi connectivity index (χ4v) is 3.92. The molecule has 0 saturated carbocycles. The lowest BCUT2D eigenvalue weighted by molar-refractivity contribution is -0.396. The van der Waals surface area contributed by atoms with Crippen molar-refractivity contribution < 1.29 is 28.2 Å². The molecular formula is C12H14N4O8S. The van der Waals surface area contributed by atoms with Gasteiger partial charge < -0.3 is 10.0 Å². The highest BCUT2D eigenvalue weighted by Crippen LogP contribution is 2.28. The number of hydrogen-bond acceptors (Lipinski definition) is 7. The number of carboxylic acid groups (broad SMARTS) is 1. The van der Waals surface area contributed by atoms with Gasteiger partial charge in [-0.2, -0.15) is 0 Å². The highest BCUT2D eigenvalue weighted by molar-refractivity contribution is 7.89. The van der Waals surface area contributed by atoms with E-state index in [-0.39, 0.29) is 25.9 Å². The number of nitro groups is 2. The number of hydrogen-bond donors (Lipinski definition) is 2. The molecule has 1 saturated heterocycles. The van der Waals surface area contributed by atoms with Crippen LogP contribution in [0.1, 0.15) is 12.8 Å². The van der Waals surface area contributed by atoms with Gasteiger partial charge in [0.15, 0.2) is 4.90 Å². The van der Waals surface area contributed by atoms with Crippen LogP contribution < -0.4 is 4.72 Å². The van der Waals surface area contributed by atoms with E-state index in [4.69, 9.17) is 5.11 Å². The largest absolute Gasteiger partial charge is 0.465 e. The van der Waals surface area contributed by atoms with Crippen LogP contribution in [-0.2, 0) is 10.0 Å². The molecule has 1 aliphatic heterocycles. The first-order chi connectivity index (χ1) is 11.6. The molecule has 136 valence electrons. The molecule has 0 atom stereocenters. The van der Waals surface area contributed by atoms with Crippen molar-refractivity contribution in [1.29, 1.82) is 0 Å².